The Bertz CT molecular complexity index is 1340. The first-order valence-electron chi connectivity index (χ1n) is 9.16. The van der Waals surface area contributed by atoms with E-state index in [4.69, 9.17) is 23.2 Å². The van der Waals surface area contributed by atoms with Crippen molar-refractivity contribution in [2.45, 2.75) is 20.3 Å². The summed E-state index contributed by atoms with van der Waals surface area (Å²) >= 11 is 13.4. The van der Waals surface area contributed by atoms with Crippen LogP contribution in [0.2, 0.25) is 10.0 Å². The molecular formula is C22H17Cl2N3O2S. The zero-order valence-corrected chi connectivity index (χ0v) is 18.5. The van der Waals surface area contributed by atoms with Gasteiger partial charge in [-0.15, -0.1) is 11.3 Å². The second-order valence-corrected chi connectivity index (χ2v) is 8.77. The third-order valence-electron chi connectivity index (χ3n) is 4.82. The van der Waals surface area contributed by atoms with Crippen LogP contribution in [0.25, 0.3) is 10.2 Å². The van der Waals surface area contributed by atoms with E-state index in [0.29, 0.717) is 42.9 Å². The molecule has 0 fully saturated rings. The molecule has 30 heavy (non-hydrogen) atoms. The number of nitrogens with one attached hydrogen (secondary N) is 2. The number of carbonyl (C=O) groups is 1. The van der Waals surface area contributed by atoms with Gasteiger partial charge in [-0.25, -0.2) is 4.98 Å². The molecule has 2 N–H and O–H groups in total. The summed E-state index contributed by atoms with van der Waals surface area (Å²) in [4.78, 5) is 33.9. The molecule has 0 saturated carbocycles. The molecule has 0 saturated heterocycles. The third kappa shape index (κ3) is 3.99. The number of aromatic amines is 1. The monoisotopic (exact) mass is 457 g/mol. The van der Waals surface area contributed by atoms with E-state index in [1.807, 2.05) is 31.2 Å². The van der Waals surface area contributed by atoms with Crippen LogP contribution in [0, 0.1) is 13.8 Å². The van der Waals surface area contributed by atoms with E-state index < -0.39 is 0 Å². The molecule has 0 spiro atoms. The number of rotatable bonds is 4. The predicted molar refractivity (Wildman–Crippen MR) is 123 cm³/mol. The van der Waals surface area contributed by atoms with Gasteiger partial charge in [0.1, 0.15) is 10.7 Å². The molecule has 2 heterocycles. The Morgan fingerprint density at radius 3 is 2.67 bits per heavy atom. The van der Waals surface area contributed by atoms with Crippen LogP contribution < -0.4 is 10.9 Å². The summed E-state index contributed by atoms with van der Waals surface area (Å²) in [6, 6.07) is 12.7. The molecule has 0 unspecified atom stereocenters. The predicted octanol–water partition coefficient (Wildman–Crippen LogP) is 5.75. The Hall–Kier alpha value is -2.67. The largest absolute Gasteiger partial charge is 0.321 e. The van der Waals surface area contributed by atoms with Gasteiger partial charge in [0.05, 0.1) is 10.3 Å². The number of hydrogen-bond acceptors (Lipinski definition) is 4. The van der Waals surface area contributed by atoms with Gasteiger partial charge < -0.3 is 10.3 Å². The molecule has 4 rings (SSSR count). The second-order valence-electron chi connectivity index (χ2n) is 6.93. The first kappa shape index (κ1) is 20.6. The van der Waals surface area contributed by atoms with E-state index >= 15 is 0 Å². The van der Waals surface area contributed by atoms with Crippen LogP contribution in [-0.4, -0.2) is 15.9 Å². The van der Waals surface area contributed by atoms with Crippen molar-refractivity contribution in [1.29, 1.82) is 0 Å². The van der Waals surface area contributed by atoms with Gasteiger partial charge >= 0.3 is 0 Å². The van der Waals surface area contributed by atoms with Crippen LogP contribution in [-0.2, 0) is 6.42 Å². The van der Waals surface area contributed by atoms with Crippen LogP contribution in [0.3, 0.4) is 0 Å². The Morgan fingerprint density at radius 1 is 1.17 bits per heavy atom. The van der Waals surface area contributed by atoms with E-state index in [1.165, 1.54) is 11.3 Å². The number of thiophene rings is 1. The summed E-state index contributed by atoms with van der Waals surface area (Å²) in [5, 5.41) is 4.39. The number of hydrogen-bond donors (Lipinski definition) is 2. The van der Waals surface area contributed by atoms with Crippen molar-refractivity contribution < 1.29 is 4.79 Å². The molecule has 8 heteroatoms. The summed E-state index contributed by atoms with van der Waals surface area (Å²) in [5.74, 6) is 0.218. The number of para-hydroxylation sites is 1. The molecule has 0 aliphatic rings. The number of nitrogens with zero attached hydrogens (tertiary/aromatic N) is 1. The topological polar surface area (TPSA) is 74.8 Å². The van der Waals surface area contributed by atoms with Gasteiger partial charge in [-0.2, -0.15) is 0 Å². The average molecular weight is 458 g/mol. The van der Waals surface area contributed by atoms with Crippen LogP contribution >= 0.6 is 34.5 Å². The fraction of sp³-hybridized carbons (Fsp3) is 0.136. The standard InChI is InChI=1S/C22H17Cl2N3O2S/c1-11-5-3-4-6-16(11)25-21(29)19-12(2)18-20(28)26-17(27-22(18)30-19)9-13-7-8-14(23)10-15(13)24/h3-8,10H,9H2,1-2H3,(H,25,29)(H,26,27,28). The quantitative estimate of drug-likeness (QED) is 0.409. The first-order valence-corrected chi connectivity index (χ1v) is 10.7. The highest BCUT2D eigenvalue weighted by Crippen LogP contribution is 2.29. The third-order valence-corrected chi connectivity index (χ3v) is 6.59. The van der Waals surface area contributed by atoms with Crippen molar-refractivity contribution in [2.75, 3.05) is 5.32 Å². The van der Waals surface area contributed by atoms with Crippen LogP contribution in [0.5, 0.6) is 0 Å². The Labute approximate surface area is 186 Å². The lowest BCUT2D eigenvalue weighted by Gasteiger charge is -2.07. The van der Waals surface area contributed by atoms with Crippen molar-refractivity contribution in [3.05, 3.63) is 90.3 Å². The summed E-state index contributed by atoms with van der Waals surface area (Å²) in [6.45, 7) is 3.69. The number of aromatic nitrogens is 2. The number of aryl methyl sites for hydroxylation is 2. The zero-order chi connectivity index (χ0) is 21.4. The van der Waals surface area contributed by atoms with Crippen molar-refractivity contribution in [3.63, 3.8) is 0 Å². The van der Waals surface area contributed by atoms with E-state index in [1.54, 1.807) is 25.1 Å². The SMILES string of the molecule is Cc1ccccc1NC(=O)c1sc2nc(Cc3ccc(Cl)cc3Cl)[nH]c(=O)c2c1C. The van der Waals surface area contributed by atoms with E-state index in [2.05, 4.69) is 15.3 Å². The van der Waals surface area contributed by atoms with Gasteiger partial charge in [-0.1, -0.05) is 47.5 Å². The molecule has 152 valence electrons. The minimum absolute atomic E-state index is 0.258. The Balaban J connectivity index is 1.69. The number of benzene rings is 2. The maximum atomic E-state index is 12.8. The highest BCUT2D eigenvalue weighted by atomic mass is 35.5. The minimum atomic E-state index is -0.274. The molecule has 0 atom stereocenters. The summed E-state index contributed by atoms with van der Waals surface area (Å²) < 4.78 is 0. The van der Waals surface area contributed by atoms with Gasteiger partial charge in [0.2, 0.25) is 0 Å². The van der Waals surface area contributed by atoms with Crippen molar-refractivity contribution >= 4 is 56.3 Å². The highest BCUT2D eigenvalue weighted by molar-refractivity contribution is 7.20. The van der Waals surface area contributed by atoms with E-state index in [9.17, 15) is 9.59 Å². The molecule has 0 aliphatic heterocycles. The van der Waals surface area contributed by atoms with Gasteiger partial charge in [0.15, 0.2) is 0 Å². The van der Waals surface area contributed by atoms with Gasteiger partial charge in [0.25, 0.3) is 11.5 Å². The van der Waals surface area contributed by atoms with Crippen LogP contribution in [0.1, 0.15) is 32.2 Å². The molecule has 5 nitrogen and oxygen atoms in total. The molecule has 1 amide bonds. The lowest BCUT2D eigenvalue weighted by Crippen LogP contribution is -2.14. The highest BCUT2D eigenvalue weighted by Gasteiger charge is 2.20. The van der Waals surface area contributed by atoms with Crippen molar-refractivity contribution in [1.82, 2.24) is 9.97 Å². The minimum Gasteiger partial charge on any atom is -0.321 e. The van der Waals surface area contributed by atoms with Crippen LogP contribution in [0.4, 0.5) is 5.69 Å². The van der Waals surface area contributed by atoms with Gasteiger partial charge in [-0.3, -0.25) is 9.59 Å². The molecule has 0 aliphatic carbocycles. The van der Waals surface area contributed by atoms with E-state index in [0.717, 1.165) is 16.8 Å². The number of halogens is 2. The summed E-state index contributed by atoms with van der Waals surface area (Å²) in [5.41, 5.74) is 2.84. The molecule has 4 aromatic rings. The Morgan fingerprint density at radius 2 is 1.93 bits per heavy atom. The maximum absolute atomic E-state index is 12.8. The second kappa shape index (κ2) is 8.22. The zero-order valence-electron chi connectivity index (χ0n) is 16.2. The summed E-state index contributed by atoms with van der Waals surface area (Å²) in [6.07, 6.45) is 0.350. The smallest absolute Gasteiger partial charge is 0.266 e. The number of amides is 1. The van der Waals surface area contributed by atoms with Crippen molar-refractivity contribution in [3.8, 4) is 0 Å². The molecular weight excluding hydrogens is 441 g/mol. The summed E-state index contributed by atoms with van der Waals surface area (Å²) in [7, 11) is 0. The Kier molecular flexibility index (Phi) is 5.64. The lowest BCUT2D eigenvalue weighted by molar-refractivity contribution is 0.103. The fourth-order valence-corrected chi connectivity index (χ4v) is 4.80. The van der Waals surface area contributed by atoms with Gasteiger partial charge in [-0.05, 0) is 48.7 Å². The number of anilines is 1. The van der Waals surface area contributed by atoms with Gasteiger partial charge in [0, 0.05) is 22.2 Å². The fourth-order valence-electron chi connectivity index (χ4n) is 3.23. The molecule has 2 aromatic carbocycles. The maximum Gasteiger partial charge on any atom is 0.266 e. The molecule has 2 aromatic heterocycles. The molecule has 0 radical (unpaired) electrons. The lowest BCUT2D eigenvalue weighted by atomic mass is 10.1. The van der Waals surface area contributed by atoms with Crippen molar-refractivity contribution in [2.24, 2.45) is 0 Å². The number of H-pyrrole nitrogens is 1. The average Bonchev–Trinajstić information content (AvgIpc) is 3.03. The molecule has 0 bridgehead atoms. The number of carbonyl (C=O) groups excluding carboxylic acids is 1. The first-order chi connectivity index (χ1) is 14.3. The normalized spacial score (nSPS) is 11.1. The van der Waals surface area contributed by atoms with Crippen LogP contribution in [0.15, 0.2) is 47.3 Å². The van der Waals surface area contributed by atoms with E-state index in [-0.39, 0.29) is 11.5 Å². The number of fused-ring (bicyclic) bond motifs is 1.